The zero-order chi connectivity index (χ0) is 22.3. The number of carbonyl (C=O) groups excluding carboxylic acids is 2. The molecule has 32 heavy (non-hydrogen) atoms. The number of benzene rings is 1. The second-order valence-corrected chi connectivity index (χ2v) is 8.22. The highest BCUT2D eigenvalue weighted by Crippen LogP contribution is 2.31. The minimum atomic E-state index is -0.431. The van der Waals surface area contributed by atoms with Crippen molar-refractivity contribution in [2.24, 2.45) is 0 Å². The van der Waals surface area contributed by atoms with Crippen LogP contribution < -0.4 is 10.2 Å². The smallest absolute Gasteiger partial charge is 0.337 e. The normalized spacial score (nSPS) is 17.9. The molecule has 1 aromatic heterocycles. The van der Waals surface area contributed by atoms with Gasteiger partial charge in [-0.05, 0) is 55.5 Å². The predicted octanol–water partition coefficient (Wildman–Crippen LogP) is 3.68. The van der Waals surface area contributed by atoms with Gasteiger partial charge in [-0.25, -0.2) is 9.59 Å². The largest absolute Gasteiger partial charge is 0.465 e. The lowest BCUT2D eigenvalue weighted by Crippen LogP contribution is -2.40. The number of hydrogen-bond donors (Lipinski definition) is 1. The van der Waals surface area contributed by atoms with Gasteiger partial charge in [-0.3, -0.25) is 4.98 Å². The van der Waals surface area contributed by atoms with Crippen molar-refractivity contribution in [2.75, 3.05) is 43.6 Å². The Morgan fingerprint density at radius 2 is 2.09 bits per heavy atom. The molecule has 2 aliphatic rings. The van der Waals surface area contributed by atoms with Crippen LogP contribution in [0.3, 0.4) is 0 Å². The molecule has 0 radical (unpaired) electrons. The summed E-state index contributed by atoms with van der Waals surface area (Å²) in [6.45, 7) is 3.50. The third-order valence-corrected chi connectivity index (χ3v) is 5.94. The molecule has 2 amide bonds. The zero-order valence-corrected chi connectivity index (χ0v) is 18.5. The summed E-state index contributed by atoms with van der Waals surface area (Å²) in [5, 5.41) is 3.06. The number of rotatable bonds is 7. The summed E-state index contributed by atoms with van der Waals surface area (Å²) in [5.41, 5.74) is 2.89. The molecule has 4 rings (SSSR count). The summed E-state index contributed by atoms with van der Waals surface area (Å²) in [4.78, 5) is 33.7. The number of methoxy groups -OCH3 is 1. The van der Waals surface area contributed by atoms with Crippen molar-refractivity contribution in [2.45, 2.75) is 38.3 Å². The fraction of sp³-hybridized carbons (Fsp3) is 0.458. The van der Waals surface area contributed by atoms with Gasteiger partial charge in [0.15, 0.2) is 0 Å². The van der Waals surface area contributed by atoms with E-state index in [1.165, 1.54) is 7.11 Å². The van der Waals surface area contributed by atoms with Crippen molar-refractivity contribution in [3.05, 3.63) is 53.9 Å². The molecule has 2 fully saturated rings. The number of urea groups is 1. The van der Waals surface area contributed by atoms with E-state index in [4.69, 9.17) is 9.47 Å². The minimum absolute atomic E-state index is 0.0249. The standard InChI is InChI=1S/C24H30N4O4/c1-31-23(29)19-8-9-22(27-11-2-3-12-27)21(14-19)26-24(30)28(17-20-7-5-13-32-20)16-18-6-4-10-25-15-18/h4,6,8-10,14-15,20H,2-3,5,7,11-13,16-17H2,1H3,(H,26,30)/t20-/m1/s1. The maximum absolute atomic E-state index is 13.4. The molecule has 8 nitrogen and oxygen atoms in total. The number of hydrogen-bond acceptors (Lipinski definition) is 6. The summed E-state index contributed by atoms with van der Waals surface area (Å²) in [6, 6.07) is 8.92. The van der Waals surface area contributed by atoms with Crippen LogP contribution in [0.1, 0.15) is 41.6 Å². The molecule has 170 valence electrons. The monoisotopic (exact) mass is 438 g/mol. The van der Waals surface area contributed by atoms with E-state index in [9.17, 15) is 9.59 Å². The van der Waals surface area contributed by atoms with Gasteiger partial charge in [-0.15, -0.1) is 0 Å². The van der Waals surface area contributed by atoms with E-state index in [0.717, 1.165) is 56.6 Å². The molecule has 3 heterocycles. The molecule has 2 aromatic rings. The Morgan fingerprint density at radius 1 is 1.25 bits per heavy atom. The topological polar surface area (TPSA) is 84.0 Å². The lowest BCUT2D eigenvalue weighted by atomic mass is 10.1. The molecule has 8 heteroatoms. The lowest BCUT2D eigenvalue weighted by molar-refractivity contribution is 0.0600. The van der Waals surface area contributed by atoms with Crippen LogP contribution >= 0.6 is 0 Å². The maximum atomic E-state index is 13.4. The van der Waals surface area contributed by atoms with Gasteiger partial charge >= 0.3 is 12.0 Å². The van der Waals surface area contributed by atoms with Gasteiger partial charge in [0.1, 0.15) is 0 Å². The van der Waals surface area contributed by atoms with E-state index in [0.29, 0.717) is 24.3 Å². The zero-order valence-electron chi connectivity index (χ0n) is 18.5. The molecule has 0 aliphatic carbocycles. The Balaban J connectivity index is 1.58. The van der Waals surface area contributed by atoms with Gasteiger partial charge in [0.05, 0.1) is 30.2 Å². The van der Waals surface area contributed by atoms with Gasteiger partial charge in [0.25, 0.3) is 0 Å². The van der Waals surface area contributed by atoms with E-state index < -0.39 is 5.97 Å². The maximum Gasteiger partial charge on any atom is 0.337 e. The van der Waals surface area contributed by atoms with Gasteiger partial charge < -0.3 is 24.6 Å². The van der Waals surface area contributed by atoms with Crippen LogP contribution in [0.5, 0.6) is 0 Å². The fourth-order valence-electron chi connectivity index (χ4n) is 4.27. The van der Waals surface area contributed by atoms with Crippen molar-refractivity contribution < 1.29 is 19.1 Å². The first kappa shape index (κ1) is 22.1. The molecule has 0 spiro atoms. The highest BCUT2D eigenvalue weighted by atomic mass is 16.5. The molecule has 1 N–H and O–H groups in total. The van der Waals surface area contributed by atoms with Crippen molar-refractivity contribution in [3.8, 4) is 0 Å². The average Bonchev–Trinajstić information content (AvgIpc) is 3.53. The quantitative estimate of drug-likeness (QED) is 0.664. The number of carbonyl (C=O) groups is 2. The van der Waals surface area contributed by atoms with Crippen LogP contribution in [0.15, 0.2) is 42.7 Å². The van der Waals surface area contributed by atoms with E-state index in [2.05, 4.69) is 15.2 Å². The van der Waals surface area contributed by atoms with Gasteiger partial charge in [0.2, 0.25) is 0 Å². The number of anilines is 2. The Bertz CT molecular complexity index is 925. The number of nitrogens with one attached hydrogen (secondary N) is 1. The highest BCUT2D eigenvalue weighted by molar-refractivity contribution is 5.97. The van der Waals surface area contributed by atoms with E-state index in [1.807, 2.05) is 18.2 Å². The van der Waals surface area contributed by atoms with Gasteiger partial charge in [-0.1, -0.05) is 6.07 Å². The van der Waals surface area contributed by atoms with Crippen LogP contribution in [0.2, 0.25) is 0 Å². The first-order chi connectivity index (χ1) is 15.6. The Labute approximate surface area is 188 Å². The molecular formula is C24H30N4O4. The summed E-state index contributed by atoms with van der Waals surface area (Å²) in [7, 11) is 1.35. The third kappa shape index (κ3) is 5.37. The first-order valence-electron chi connectivity index (χ1n) is 11.2. The molecule has 2 aliphatic heterocycles. The van der Waals surface area contributed by atoms with Gasteiger partial charge in [0, 0.05) is 45.2 Å². The van der Waals surface area contributed by atoms with E-state index >= 15 is 0 Å². The number of ether oxygens (including phenoxy) is 2. The number of nitrogens with zero attached hydrogens (tertiary/aromatic N) is 3. The number of pyridine rings is 1. The lowest BCUT2D eigenvalue weighted by Gasteiger charge is -2.28. The Hall–Kier alpha value is -3.13. The van der Waals surface area contributed by atoms with Crippen molar-refractivity contribution in [1.82, 2.24) is 9.88 Å². The Morgan fingerprint density at radius 3 is 2.78 bits per heavy atom. The predicted molar refractivity (Wildman–Crippen MR) is 122 cm³/mol. The summed E-state index contributed by atoms with van der Waals surface area (Å²) >= 11 is 0. The highest BCUT2D eigenvalue weighted by Gasteiger charge is 2.25. The molecule has 0 unspecified atom stereocenters. The fourth-order valence-corrected chi connectivity index (χ4v) is 4.27. The second kappa shape index (κ2) is 10.5. The minimum Gasteiger partial charge on any atom is -0.465 e. The van der Waals surface area contributed by atoms with Crippen molar-refractivity contribution >= 4 is 23.4 Å². The first-order valence-corrected chi connectivity index (χ1v) is 11.2. The molecule has 0 bridgehead atoms. The number of amides is 2. The summed E-state index contributed by atoms with van der Waals surface area (Å²) in [6.07, 6.45) is 7.67. The molecule has 1 atom stereocenters. The second-order valence-electron chi connectivity index (χ2n) is 8.22. The summed E-state index contributed by atoms with van der Waals surface area (Å²) in [5.74, 6) is -0.431. The molecule has 2 saturated heterocycles. The summed E-state index contributed by atoms with van der Waals surface area (Å²) < 4.78 is 10.7. The van der Waals surface area contributed by atoms with E-state index in [-0.39, 0.29) is 12.1 Å². The van der Waals surface area contributed by atoms with Crippen molar-refractivity contribution in [1.29, 1.82) is 0 Å². The Kier molecular flexibility index (Phi) is 7.21. The van der Waals surface area contributed by atoms with E-state index in [1.54, 1.807) is 29.4 Å². The van der Waals surface area contributed by atoms with Crippen LogP contribution in [-0.4, -0.2) is 61.3 Å². The van der Waals surface area contributed by atoms with Gasteiger partial charge in [-0.2, -0.15) is 0 Å². The molecule has 0 saturated carbocycles. The van der Waals surface area contributed by atoms with Crippen LogP contribution in [-0.2, 0) is 16.0 Å². The average molecular weight is 439 g/mol. The molecule has 1 aromatic carbocycles. The number of esters is 1. The van der Waals surface area contributed by atoms with Crippen LogP contribution in [0, 0.1) is 0 Å². The van der Waals surface area contributed by atoms with Crippen LogP contribution in [0.4, 0.5) is 16.2 Å². The number of aromatic nitrogens is 1. The SMILES string of the molecule is COC(=O)c1ccc(N2CCCC2)c(NC(=O)N(Cc2cccnc2)C[C@H]2CCCO2)c1. The van der Waals surface area contributed by atoms with Crippen molar-refractivity contribution in [3.63, 3.8) is 0 Å². The molecular weight excluding hydrogens is 408 g/mol. The third-order valence-electron chi connectivity index (χ3n) is 5.94. The van der Waals surface area contributed by atoms with Crippen LogP contribution in [0.25, 0.3) is 0 Å².